The van der Waals surface area contributed by atoms with Crippen LogP contribution in [-0.2, 0) is 14.8 Å². The smallest absolute Gasteiger partial charge is 0.255 e. The summed E-state index contributed by atoms with van der Waals surface area (Å²) >= 11 is 5.72. The number of carbonyl (C=O) groups excluding carboxylic acids is 1. The summed E-state index contributed by atoms with van der Waals surface area (Å²) in [5, 5.41) is 4.28. The van der Waals surface area contributed by atoms with Crippen LogP contribution in [0.4, 0.5) is 0 Å². The SMILES string of the molecule is CC/C(C)=N\NC(=O)CN(C)S(=O)(=O)c1ccc(Cl)cc1. The Bertz CT molecular complexity index is 627. The Hall–Kier alpha value is -1.44. The van der Waals surface area contributed by atoms with Crippen LogP contribution in [0.2, 0.25) is 5.02 Å². The minimum absolute atomic E-state index is 0.0791. The van der Waals surface area contributed by atoms with Gasteiger partial charge in [-0.25, -0.2) is 13.8 Å². The number of carbonyl (C=O) groups is 1. The summed E-state index contributed by atoms with van der Waals surface area (Å²) in [7, 11) is -2.40. The van der Waals surface area contributed by atoms with Gasteiger partial charge in [0.05, 0.1) is 11.4 Å². The van der Waals surface area contributed by atoms with Crippen LogP contribution < -0.4 is 5.43 Å². The Kier molecular flexibility index (Phi) is 6.32. The molecule has 0 aliphatic rings. The second-order valence-corrected chi connectivity index (χ2v) is 6.93. The molecule has 0 aliphatic carbocycles. The summed E-state index contributed by atoms with van der Waals surface area (Å²) < 4.78 is 25.4. The third-order valence-corrected chi connectivity index (χ3v) is 4.84. The van der Waals surface area contributed by atoms with Gasteiger partial charge < -0.3 is 0 Å². The zero-order chi connectivity index (χ0) is 16.0. The maximum Gasteiger partial charge on any atom is 0.255 e. The highest BCUT2D eigenvalue weighted by Crippen LogP contribution is 2.17. The molecule has 21 heavy (non-hydrogen) atoms. The van der Waals surface area contributed by atoms with Crippen LogP contribution in [0.5, 0.6) is 0 Å². The Morgan fingerprint density at radius 2 is 1.90 bits per heavy atom. The van der Waals surface area contributed by atoms with E-state index in [0.29, 0.717) is 11.4 Å². The van der Waals surface area contributed by atoms with Gasteiger partial charge in [-0.3, -0.25) is 4.79 Å². The predicted octanol–water partition coefficient (Wildman–Crippen LogP) is 1.86. The summed E-state index contributed by atoms with van der Waals surface area (Å²) in [6.45, 7) is 3.36. The van der Waals surface area contributed by atoms with Gasteiger partial charge in [0.2, 0.25) is 10.0 Å². The van der Waals surface area contributed by atoms with E-state index < -0.39 is 15.9 Å². The molecule has 116 valence electrons. The molecule has 0 aromatic heterocycles. The lowest BCUT2D eigenvalue weighted by atomic mass is 10.3. The Morgan fingerprint density at radius 1 is 1.33 bits per heavy atom. The van der Waals surface area contributed by atoms with Gasteiger partial charge in [-0.1, -0.05) is 18.5 Å². The normalized spacial score (nSPS) is 12.5. The summed E-state index contributed by atoms with van der Waals surface area (Å²) in [6.07, 6.45) is 0.708. The number of benzene rings is 1. The molecule has 8 heteroatoms. The number of likely N-dealkylation sites (N-methyl/N-ethyl adjacent to an activating group) is 1. The van der Waals surface area contributed by atoms with E-state index >= 15 is 0 Å². The molecule has 0 bridgehead atoms. The van der Waals surface area contributed by atoms with Gasteiger partial charge in [0.15, 0.2) is 0 Å². The number of rotatable bonds is 6. The van der Waals surface area contributed by atoms with E-state index in [4.69, 9.17) is 11.6 Å². The molecule has 0 spiro atoms. The van der Waals surface area contributed by atoms with Gasteiger partial charge in [-0.2, -0.15) is 9.41 Å². The molecule has 0 aliphatic heterocycles. The average Bonchev–Trinajstić information content (AvgIpc) is 2.45. The van der Waals surface area contributed by atoms with Crippen LogP contribution >= 0.6 is 11.6 Å². The van der Waals surface area contributed by atoms with Crippen molar-refractivity contribution in [2.45, 2.75) is 25.2 Å². The number of hydrogen-bond donors (Lipinski definition) is 1. The van der Waals surface area contributed by atoms with E-state index in [-0.39, 0.29) is 11.4 Å². The molecular weight excluding hydrogens is 314 g/mol. The number of sulfonamides is 1. The fourth-order valence-corrected chi connectivity index (χ4v) is 2.60. The largest absolute Gasteiger partial charge is 0.272 e. The number of hydrazone groups is 1. The third kappa shape index (κ3) is 5.11. The standard InChI is InChI=1S/C13H18ClN3O3S/c1-4-10(2)15-16-13(18)9-17(3)21(19,20)12-7-5-11(14)6-8-12/h5-8H,4,9H2,1-3H3,(H,16,18)/b15-10-. The van der Waals surface area contributed by atoms with Crippen LogP contribution in [0.15, 0.2) is 34.3 Å². The summed E-state index contributed by atoms with van der Waals surface area (Å²) in [5.74, 6) is -0.497. The first-order valence-corrected chi connectivity index (χ1v) is 8.13. The Balaban J connectivity index is 2.76. The summed E-state index contributed by atoms with van der Waals surface area (Å²) in [4.78, 5) is 11.7. The van der Waals surface area contributed by atoms with E-state index in [1.165, 1.54) is 31.3 Å². The molecule has 1 N–H and O–H groups in total. The first kappa shape index (κ1) is 17.6. The van der Waals surface area contributed by atoms with Gasteiger partial charge in [0.25, 0.3) is 5.91 Å². The lowest BCUT2D eigenvalue weighted by Gasteiger charge is -2.16. The van der Waals surface area contributed by atoms with Crippen molar-refractivity contribution in [1.29, 1.82) is 0 Å². The van der Waals surface area contributed by atoms with Crippen molar-refractivity contribution >= 4 is 33.2 Å². The van der Waals surface area contributed by atoms with E-state index in [9.17, 15) is 13.2 Å². The predicted molar refractivity (Wildman–Crippen MR) is 82.8 cm³/mol. The fraction of sp³-hybridized carbons (Fsp3) is 0.385. The lowest BCUT2D eigenvalue weighted by molar-refractivity contribution is -0.121. The molecule has 0 unspecified atom stereocenters. The van der Waals surface area contributed by atoms with E-state index in [1.807, 2.05) is 6.92 Å². The number of halogens is 1. The molecule has 1 aromatic carbocycles. The highest BCUT2D eigenvalue weighted by molar-refractivity contribution is 7.89. The van der Waals surface area contributed by atoms with Gasteiger partial charge >= 0.3 is 0 Å². The van der Waals surface area contributed by atoms with Crippen LogP contribution in [-0.4, -0.2) is 37.9 Å². The van der Waals surface area contributed by atoms with Gasteiger partial charge in [0, 0.05) is 17.8 Å². The minimum Gasteiger partial charge on any atom is -0.272 e. The van der Waals surface area contributed by atoms with E-state index in [2.05, 4.69) is 10.5 Å². The number of nitrogens with zero attached hydrogens (tertiary/aromatic N) is 2. The molecule has 0 atom stereocenters. The van der Waals surface area contributed by atoms with Crippen LogP contribution in [0, 0.1) is 0 Å². The topological polar surface area (TPSA) is 78.8 Å². The zero-order valence-electron chi connectivity index (χ0n) is 12.1. The van der Waals surface area contributed by atoms with Crippen molar-refractivity contribution in [3.05, 3.63) is 29.3 Å². The zero-order valence-corrected chi connectivity index (χ0v) is 13.7. The monoisotopic (exact) mass is 331 g/mol. The van der Waals surface area contributed by atoms with Gasteiger partial charge in [-0.05, 0) is 37.6 Å². The van der Waals surface area contributed by atoms with Crippen molar-refractivity contribution in [1.82, 2.24) is 9.73 Å². The lowest BCUT2D eigenvalue weighted by Crippen LogP contribution is -2.36. The molecule has 1 rings (SSSR count). The van der Waals surface area contributed by atoms with Crippen molar-refractivity contribution in [3.8, 4) is 0 Å². The van der Waals surface area contributed by atoms with Gasteiger partial charge in [0.1, 0.15) is 0 Å². The molecule has 6 nitrogen and oxygen atoms in total. The summed E-state index contributed by atoms with van der Waals surface area (Å²) in [5.41, 5.74) is 3.07. The first-order chi connectivity index (χ1) is 9.77. The van der Waals surface area contributed by atoms with Crippen molar-refractivity contribution in [2.75, 3.05) is 13.6 Å². The van der Waals surface area contributed by atoms with E-state index in [1.54, 1.807) is 6.92 Å². The molecule has 1 aromatic rings. The van der Waals surface area contributed by atoms with Crippen molar-refractivity contribution in [3.63, 3.8) is 0 Å². The maximum absolute atomic E-state index is 12.2. The molecule has 0 saturated carbocycles. The quantitative estimate of drug-likeness (QED) is 0.638. The maximum atomic E-state index is 12.2. The fourth-order valence-electron chi connectivity index (χ4n) is 1.35. The second kappa shape index (κ2) is 7.53. The number of amides is 1. The molecule has 0 fully saturated rings. The van der Waals surface area contributed by atoms with Gasteiger partial charge in [-0.15, -0.1) is 0 Å². The Morgan fingerprint density at radius 3 is 2.43 bits per heavy atom. The first-order valence-electron chi connectivity index (χ1n) is 6.31. The molecule has 1 amide bonds. The number of hydrogen-bond acceptors (Lipinski definition) is 4. The average molecular weight is 332 g/mol. The highest BCUT2D eigenvalue weighted by Gasteiger charge is 2.22. The molecule has 0 radical (unpaired) electrons. The second-order valence-electron chi connectivity index (χ2n) is 4.45. The third-order valence-electron chi connectivity index (χ3n) is 2.77. The highest BCUT2D eigenvalue weighted by atomic mass is 35.5. The Labute approximate surface area is 129 Å². The minimum atomic E-state index is -3.73. The molecule has 0 heterocycles. The van der Waals surface area contributed by atoms with Crippen molar-refractivity contribution in [2.24, 2.45) is 5.10 Å². The van der Waals surface area contributed by atoms with Crippen LogP contribution in [0.3, 0.4) is 0 Å². The number of nitrogens with one attached hydrogen (secondary N) is 1. The van der Waals surface area contributed by atoms with Crippen LogP contribution in [0.1, 0.15) is 20.3 Å². The van der Waals surface area contributed by atoms with E-state index in [0.717, 1.165) is 10.0 Å². The molecule has 0 saturated heterocycles. The van der Waals surface area contributed by atoms with Crippen molar-refractivity contribution < 1.29 is 13.2 Å². The van der Waals surface area contributed by atoms with Crippen LogP contribution in [0.25, 0.3) is 0 Å². The molecular formula is C13H18ClN3O3S. The summed E-state index contributed by atoms with van der Waals surface area (Å²) in [6, 6.07) is 5.76.